The van der Waals surface area contributed by atoms with Crippen LogP contribution in [0.5, 0.6) is 23.0 Å². The van der Waals surface area contributed by atoms with Gasteiger partial charge in [0.05, 0.1) is 19.3 Å². The van der Waals surface area contributed by atoms with Gasteiger partial charge < -0.3 is 33.5 Å². The second-order valence-electron chi connectivity index (χ2n) is 11.8. The summed E-state index contributed by atoms with van der Waals surface area (Å²) in [5.41, 5.74) is 4.83. The van der Waals surface area contributed by atoms with Crippen molar-refractivity contribution in [1.29, 1.82) is 0 Å². The van der Waals surface area contributed by atoms with Crippen LogP contribution in [0.3, 0.4) is 0 Å². The lowest BCUT2D eigenvalue weighted by molar-refractivity contribution is 0.0569. The highest BCUT2D eigenvalue weighted by Gasteiger charge is 2.23. The predicted molar refractivity (Wildman–Crippen MR) is 173 cm³/mol. The van der Waals surface area contributed by atoms with Gasteiger partial charge in [-0.25, -0.2) is 0 Å². The summed E-state index contributed by atoms with van der Waals surface area (Å²) < 4.78 is 33.9. The molecule has 236 valence electrons. The number of ether oxygens (including phenoxy) is 6. The van der Waals surface area contributed by atoms with Crippen LogP contribution < -0.4 is 18.9 Å². The van der Waals surface area contributed by atoms with E-state index < -0.39 is 6.10 Å². The summed E-state index contributed by atoms with van der Waals surface area (Å²) in [7, 11) is 0. The van der Waals surface area contributed by atoms with E-state index in [4.69, 9.17) is 28.4 Å². The summed E-state index contributed by atoms with van der Waals surface area (Å²) in [5.74, 6) is 3.28. The normalized spacial score (nSPS) is 18.1. The molecule has 0 aromatic heterocycles. The molecule has 4 atom stereocenters. The summed E-state index contributed by atoms with van der Waals surface area (Å²) in [5, 5.41) is 10.7. The quantitative estimate of drug-likeness (QED) is 0.130. The Bertz CT molecular complexity index is 1440. The van der Waals surface area contributed by atoms with Crippen molar-refractivity contribution < 1.29 is 33.5 Å². The highest BCUT2D eigenvalue weighted by Crippen LogP contribution is 2.23. The summed E-state index contributed by atoms with van der Waals surface area (Å²) in [6.45, 7) is 5.10. The first-order chi connectivity index (χ1) is 22.1. The number of hydrogen-bond donors (Lipinski definition) is 1. The van der Waals surface area contributed by atoms with Gasteiger partial charge in [-0.2, -0.15) is 0 Å². The number of aliphatic hydroxyl groups is 1. The molecule has 2 heterocycles. The molecule has 2 fully saturated rings. The Hall–Kier alpha value is -4.04. The molecule has 0 bridgehead atoms. The maximum absolute atomic E-state index is 10.7. The molecule has 7 nitrogen and oxygen atoms in total. The lowest BCUT2D eigenvalue weighted by Gasteiger charge is -2.21. The lowest BCUT2D eigenvalue weighted by atomic mass is 10.0. The van der Waals surface area contributed by atoms with Crippen molar-refractivity contribution in [3.63, 3.8) is 0 Å². The molecule has 0 amide bonds. The Kier molecular flexibility index (Phi) is 10.5. The van der Waals surface area contributed by atoms with Gasteiger partial charge in [0, 0.05) is 6.42 Å². The minimum atomic E-state index is -0.634. The van der Waals surface area contributed by atoms with Gasteiger partial charge in [-0.15, -0.1) is 0 Å². The Balaban J connectivity index is 0.902. The molecule has 45 heavy (non-hydrogen) atoms. The van der Waals surface area contributed by atoms with Crippen LogP contribution >= 0.6 is 0 Å². The van der Waals surface area contributed by atoms with E-state index in [-0.39, 0.29) is 24.9 Å². The fraction of sp³-hybridized carbons (Fsp3) is 0.368. The number of hydrogen-bond acceptors (Lipinski definition) is 7. The average Bonchev–Trinajstić information content (AvgIpc) is 4.01. The summed E-state index contributed by atoms with van der Waals surface area (Å²) in [6, 6.07) is 32.6. The number of epoxide rings is 2. The van der Waals surface area contributed by atoms with Crippen molar-refractivity contribution in [2.24, 2.45) is 0 Å². The van der Waals surface area contributed by atoms with E-state index in [1.807, 2.05) is 48.5 Å². The summed E-state index contributed by atoms with van der Waals surface area (Å²) >= 11 is 0. The largest absolute Gasteiger partial charge is 0.491 e. The molecule has 6 rings (SSSR count). The minimum absolute atomic E-state index is 0.107. The molecule has 4 aromatic carbocycles. The zero-order valence-corrected chi connectivity index (χ0v) is 25.8. The van der Waals surface area contributed by atoms with E-state index in [0.29, 0.717) is 19.6 Å². The second-order valence-corrected chi connectivity index (χ2v) is 11.8. The molecule has 2 aliphatic rings. The third-order valence-corrected chi connectivity index (χ3v) is 7.92. The molecule has 0 saturated carbocycles. The van der Waals surface area contributed by atoms with E-state index in [2.05, 4.69) is 55.5 Å². The van der Waals surface area contributed by atoms with Crippen LogP contribution in [0.2, 0.25) is 0 Å². The third kappa shape index (κ3) is 10.2. The van der Waals surface area contributed by atoms with Gasteiger partial charge in [-0.3, -0.25) is 0 Å². The SMILES string of the molecule is CC[C@H](CC(O)COc1ccc(Cc2ccc(OCC3CO3)cc2)cc1)Oc1ccc(Cc2ccc(OCC3CO3)cc2)cc1. The van der Waals surface area contributed by atoms with Crippen molar-refractivity contribution in [2.75, 3.05) is 33.0 Å². The number of benzene rings is 4. The van der Waals surface area contributed by atoms with Crippen LogP contribution in [0.25, 0.3) is 0 Å². The van der Waals surface area contributed by atoms with Gasteiger partial charge in [0.25, 0.3) is 0 Å². The Morgan fingerprint density at radius 1 is 0.600 bits per heavy atom. The fourth-order valence-corrected chi connectivity index (χ4v) is 5.03. The van der Waals surface area contributed by atoms with Crippen LogP contribution in [-0.4, -0.2) is 62.6 Å². The topological polar surface area (TPSA) is 82.2 Å². The Morgan fingerprint density at radius 3 is 1.36 bits per heavy atom. The first-order valence-electron chi connectivity index (χ1n) is 15.9. The van der Waals surface area contributed by atoms with Crippen molar-refractivity contribution in [2.45, 2.75) is 57.0 Å². The van der Waals surface area contributed by atoms with Crippen LogP contribution in [0, 0.1) is 0 Å². The standard InChI is InChI=1S/C38H42O7/c1-2-32(45-36-17-9-30(10-18-36)20-29-7-15-35(16-8-29)42-24-38-26-44-38)21-31(39)22-40-33-11-3-27(4-12-33)19-28-5-13-34(14-6-28)41-23-37-25-43-37/h3-18,31-32,37-39H,2,19-26H2,1H3/t31?,32-,37?,38?/m1/s1. The van der Waals surface area contributed by atoms with Gasteiger partial charge in [-0.1, -0.05) is 55.5 Å². The lowest BCUT2D eigenvalue weighted by Crippen LogP contribution is -2.27. The molecule has 2 saturated heterocycles. The molecule has 3 unspecified atom stereocenters. The molecule has 0 aliphatic carbocycles. The van der Waals surface area contributed by atoms with Crippen LogP contribution in [-0.2, 0) is 22.3 Å². The minimum Gasteiger partial charge on any atom is -0.491 e. The van der Waals surface area contributed by atoms with E-state index in [0.717, 1.165) is 55.5 Å². The van der Waals surface area contributed by atoms with E-state index in [1.54, 1.807) is 0 Å². The van der Waals surface area contributed by atoms with Crippen LogP contribution in [0.4, 0.5) is 0 Å². The fourth-order valence-electron chi connectivity index (χ4n) is 5.03. The molecule has 2 aliphatic heterocycles. The molecule has 4 aromatic rings. The average molecular weight is 611 g/mol. The number of aliphatic hydroxyl groups excluding tert-OH is 1. The smallest absolute Gasteiger partial charge is 0.119 e. The Labute approximate surface area is 265 Å². The van der Waals surface area contributed by atoms with Crippen molar-refractivity contribution in [3.05, 3.63) is 119 Å². The first kappa shape index (κ1) is 31.0. The van der Waals surface area contributed by atoms with Gasteiger partial charge in [-0.05, 0) is 90.0 Å². The van der Waals surface area contributed by atoms with E-state index in [1.165, 1.54) is 22.3 Å². The maximum atomic E-state index is 10.7. The Morgan fingerprint density at radius 2 is 0.978 bits per heavy atom. The second kappa shape index (κ2) is 15.3. The molecular weight excluding hydrogens is 568 g/mol. The molecule has 1 N–H and O–H groups in total. The van der Waals surface area contributed by atoms with E-state index in [9.17, 15) is 5.11 Å². The molecular formula is C38H42O7. The van der Waals surface area contributed by atoms with Crippen molar-refractivity contribution in [3.8, 4) is 23.0 Å². The predicted octanol–water partition coefficient (Wildman–Crippen LogP) is 6.41. The maximum Gasteiger partial charge on any atom is 0.119 e. The van der Waals surface area contributed by atoms with E-state index >= 15 is 0 Å². The zero-order valence-electron chi connectivity index (χ0n) is 25.8. The zero-order chi connectivity index (χ0) is 30.8. The van der Waals surface area contributed by atoms with Crippen LogP contribution in [0.15, 0.2) is 97.1 Å². The monoisotopic (exact) mass is 610 g/mol. The molecule has 7 heteroatoms. The van der Waals surface area contributed by atoms with Crippen LogP contribution in [0.1, 0.15) is 42.0 Å². The van der Waals surface area contributed by atoms with Gasteiger partial charge in [0.2, 0.25) is 0 Å². The van der Waals surface area contributed by atoms with Gasteiger partial charge >= 0.3 is 0 Å². The summed E-state index contributed by atoms with van der Waals surface area (Å²) in [6.07, 6.45) is 2.71. The third-order valence-electron chi connectivity index (χ3n) is 7.92. The number of rotatable bonds is 18. The molecule has 0 spiro atoms. The van der Waals surface area contributed by atoms with Gasteiger partial charge in [0.15, 0.2) is 0 Å². The highest BCUT2D eigenvalue weighted by atomic mass is 16.6. The van der Waals surface area contributed by atoms with Crippen molar-refractivity contribution >= 4 is 0 Å². The summed E-state index contributed by atoms with van der Waals surface area (Å²) in [4.78, 5) is 0. The van der Waals surface area contributed by atoms with Crippen molar-refractivity contribution in [1.82, 2.24) is 0 Å². The molecule has 0 radical (unpaired) electrons. The van der Waals surface area contributed by atoms with Gasteiger partial charge in [0.1, 0.15) is 61.1 Å². The first-order valence-corrected chi connectivity index (χ1v) is 15.9. The highest BCUT2D eigenvalue weighted by molar-refractivity contribution is 5.35.